The van der Waals surface area contributed by atoms with Crippen LogP contribution in [0.5, 0.6) is 0 Å². The Morgan fingerprint density at radius 3 is 1.64 bits per heavy atom. The molecule has 162 valence electrons. The molecule has 3 amide bonds. The number of nitrogens with two attached hydrogens (primary N) is 1. The molecular weight excluding hydrogens is 384 g/mol. The summed E-state index contributed by atoms with van der Waals surface area (Å²) in [5, 5.41) is 17.0. The predicted molar refractivity (Wildman–Crippen MR) is 110 cm³/mol. The Hall–Kier alpha value is -1.81. The summed E-state index contributed by atoms with van der Waals surface area (Å²) in [6.45, 7) is 8.52. The lowest BCUT2D eigenvalue weighted by Crippen LogP contribution is -2.59. The van der Waals surface area contributed by atoms with Crippen molar-refractivity contribution in [2.75, 3.05) is 12.0 Å². The molecule has 0 spiro atoms. The zero-order chi connectivity index (χ0) is 22.0. The highest BCUT2D eigenvalue weighted by Gasteiger charge is 2.32. The van der Waals surface area contributed by atoms with Crippen LogP contribution >= 0.6 is 11.8 Å². The summed E-state index contributed by atoms with van der Waals surface area (Å²) in [5.74, 6) is -2.62. The average molecular weight is 419 g/mol. The summed E-state index contributed by atoms with van der Waals surface area (Å²) < 4.78 is 0. The molecule has 0 aromatic heterocycles. The van der Waals surface area contributed by atoms with E-state index >= 15 is 0 Å². The van der Waals surface area contributed by atoms with E-state index in [2.05, 4.69) is 16.0 Å². The zero-order valence-electron chi connectivity index (χ0n) is 17.4. The maximum Gasteiger partial charge on any atom is 0.326 e. The summed E-state index contributed by atoms with van der Waals surface area (Å²) in [4.78, 5) is 48.5. The van der Waals surface area contributed by atoms with Crippen LogP contribution < -0.4 is 21.7 Å². The lowest BCUT2D eigenvalue weighted by atomic mass is 9.99. The lowest BCUT2D eigenvalue weighted by molar-refractivity contribution is -0.142. The summed E-state index contributed by atoms with van der Waals surface area (Å²) in [6, 6.07) is -3.60. The highest BCUT2D eigenvalue weighted by atomic mass is 32.2. The van der Waals surface area contributed by atoms with E-state index in [9.17, 15) is 24.3 Å². The van der Waals surface area contributed by atoms with Gasteiger partial charge in [0.15, 0.2) is 0 Å². The third-order valence-corrected chi connectivity index (χ3v) is 4.78. The van der Waals surface area contributed by atoms with E-state index in [0.717, 1.165) is 0 Å². The van der Waals surface area contributed by atoms with Gasteiger partial charge in [-0.15, -0.1) is 0 Å². The van der Waals surface area contributed by atoms with Crippen LogP contribution in [-0.2, 0) is 19.2 Å². The second-order valence-corrected chi connectivity index (χ2v) is 8.42. The van der Waals surface area contributed by atoms with E-state index in [1.54, 1.807) is 27.7 Å². The lowest BCUT2D eigenvalue weighted by Gasteiger charge is -2.28. The fourth-order valence-electron chi connectivity index (χ4n) is 2.35. The standard InChI is InChI=1S/C18H34N4O5S/c1-9(2)13(16(24)20-12(18(26)27)7-8-28-6)22-17(25)14(10(3)4)21-15(23)11(5)19/h9-14H,7-8,19H2,1-6H3,(H,20,24)(H,21,23)(H,22,25)(H,26,27). The minimum absolute atomic E-state index is 0.230. The molecule has 0 aliphatic heterocycles. The normalized spacial score (nSPS) is 15.5. The van der Waals surface area contributed by atoms with Crippen LogP contribution in [0.3, 0.4) is 0 Å². The van der Waals surface area contributed by atoms with Crippen LogP contribution in [0.2, 0.25) is 0 Å². The molecule has 0 heterocycles. The molecule has 0 saturated carbocycles. The third kappa shape index (κ3) is 8.92. The Bertz CT molecular complexity index is 554. The second kappa shape index (κ2) is 12.6. The van der Waals surface area contributed by atoms with Crippen molar-refractivity contribution in [2.24, 2.45) is 17.6 Å². The molecule has 0 radical (unpaired) electrons. The molecule has 6 N–H and O–H groups in total. The first-order chi connectivity index (χ1) is 12.9. The van der Waals surface area contributed by atoms with Gasteiger partial charge < -0.3 is 26.8 Å². The summed E-state index contributed by atoms with van der Waals surface area (Å²) in [6.07, 6.45) is 2.13. The Morgan fingerprint density at radius 1 is 0.857 bits per heavy atom. The van der Waals surface area contributed by atoms with Gasteiger partial charge >= 0.3 is 5.97 Å². The number of aliphatic carboxylic acids is 1. The largest absolute Gasteiger partial charge is 0.480 e. The molecule has 0 fully saturated rings. The topological polar surface area (TPSA) is 151 Å². The molecule has 0 saturated heterocycles. The molecule has 0 aromatic carbocycles. The number of carbonyl (C=O) groups is 4. The van der Waals surface area contributed by atoms with Gasteiger partial charge in [0.25, 0.3) is 0 Å². The van der Waals surface area contributed by atoms with Crippen molar-refractivity contribution in [3.8, 4) is 0 Å². The van der Waals surface area contributed by atoms with Gasteiger partial charge in [0.05, 0.1) is 6.04 Å². The highest BCUT2D eigenvalue weighted by Crippen LogP contribution is 2.08. The SMILES string of the molecule is CSCCC(NC(=O)C(NC(=O)C(NC(=O)C(C)N)C(C)C)C(C)C)C(=O)O. The molecule has 10 heteroatoms. The van der Waals surface area contributed by atoms with Gasteiger partial charge in [-0.3, -0.25) is 14.4 Å². The van der Waals surface area contributed by atoms with E-state index in [-0.39, 0.29) is 18.3 Å². The third-order valence-electron chi connectivity index (χ3n) is 4.13. The van der Waals surface area contributed by atoms with Crippen LogP contribution in [0.25, 0.3) is 0 Å². The number of amides is 3. The number of nitrogens with one attached hydrogen (secondary N) is 3. The maximum atomic E-state index is 12.7. The van der Waals surface area contributed by atoms with E-state index in [4.69, 9.17) is 5.73 Å². The molecule has 0 aliphatic carbocycles. The van der Waals surface area contributed by atoms with Gasteiger partial charge in [-0.05, 0) is 37.2 Å². The van der Waals surface area contributed by atoms with Gasteiger partial charge in [-0.1, -0.05) is 27.7 Å². The molecule has 4 unspecified atom stereocenters. The molecule has 4 atom stereocenters. The molecule has 0 aliphatic rings. The Morgan fingerprint density at radius 2 is 1.29 bits per heavy atom. The fraction of sp³-hybridized carbons (Fsp3) is 0.778. The van der Waals surface area contributed by atoms with Crippen molar-refractivity contribution in [2.45, 2.75) is 65.2 Å². The Labute approximate surface area is 170 Å². The minimum Gasteiger partial charge on any atom is -0.480 e. The highest BCUT2D eigenvalue weighted by molar-refractivity contribution is 7.98. The van der Waals surface area contributed by atoms with Crippen LogP contribution in [0.15, 0.2) is 0 Å². The van der Waals surface area contributed by atoms with Crippen molar-refractivity contribution >= 4 is 35.5 Å². The van der Waals surface area contributed by atoms with Gasteiger partial charge in [0.1, 0.15) is 18.1 Å². The summed E-state index contributed by atoms with van der Waals surface area (Å²) in [5.41, 5.74) is 5.54. The number of hydrogen-bond donors (Lipinski definition) is 5. The van der Waals surface area contributed by atoms with Gasteiger partial charge in [-0.2, -0.15) is 11.8 Å². The van der Waals surface area contributed by atoms with Crippen molar-refractivity contribution in [1.82, 2.24) is 16.0 Å². The monoisotopic (exact) mass is 418 g/mol. The molecule has 0 bridgehead atoms. The number of carboxylic acids is 1. The van der Waals surface area contributed by atoms with Crippen molar-refractivity contribution < 1.29 is 24.3 Å². The van der Waals surface area contributed by atoms with Crippen LogP contribution in [-0.4, -0.2) is 65.0 Å². The minimum atomic E-state index is -1.12. The number of thioether (sulfide) groups is 1. The average Bonchev–Trinajstić information content (AvgIpc) is 2.59. The zero-order valence-corrected chi connectivity index (χ0v) is 18.3. The van der Waals surface area contributed by atoms with E-state index in [1.807, 2.05) is 6.26 Å². The molecule has 0 aromatic rings. The Kier molecular flexibility index (Phi) is 11.8. The first-order valence-corrected chi connectivity index (χ1v) is 10.7. The van der Waals surface area contributed by atoms with Crippen molar-refractivity contribution in [3.63, 3.8) is 0 Å². The van der Waals surface area contributed by atoms with Crippen molar-refractivity contribution in [3.05, 3.63) is 0 Å². The fourth-order valence-corrected chi connectivity index (χ4v) is 2.82. The molecule has 28 heavy (non-hydrogen) atoms. The first-order valence-electron chi connectivity index (χ1n) is 9.30. The molecule has 0 rings (SSSR count). The quantitative estimate of drug-likeness (QED) is 0.298. The summed E-state index contributed by atoms with van der Waals surface area (Å²) in [7, 11) is 0. The van der Waals surface area contributed by atoms with Gasteiger partial charge in [-0.25, -0.2) is 4.79 Å². The number of hydrogen-bond acceptors (Lipinski definition) is 6. The van der Waals surface area contributed by atoms with Gasteiger partial charge in [0, 0.05) is 0 Å². The van der Waals surface area contributed by atoms with Gasteiger partial charge in [0.2, 0.25) is 17.7 Å². The predicted octanol–water partition coefficient (Wildman–Crippen LogP) is -0.0623. The molecular formula is C18H34N4O5S. The van der Waals surface area contributed by atoms with E-state index < -0.39 is 47.9 Å². The van der Waals surface area contributed by atoms with Crippen molar-refractivity contribution in [1.29, 1.82) is 0 Å². The van der Waals surface area contributed by atoms with Crippen LogP contribution in [0.1, 0.15) is 41.0 Å². The van der Waals surface area contributed by atoms with Crippen LogP contribution in [0, 0.1) is 11.8 Å². The number of carbonyl (C=O) groups excluding carboxylic acids is 3. The van der Waals surface area contributed by atoms with E-state index in [0.29, 0.717) is 5.75 Å². The smallest absolute Gasteiger partial charge is 0.326 e. The number of rotatable bonds is 12. The number of carboxylic acid groups (broad SMARTS) is 1. The molecule has 9 nitrogen and oxygen atoms in total. The first kappa shape index (κ1) is 26.2. The maximum absolute atomic E-state index is 12.7. The second-order valence-electron chi connectivity index (χ2n) is 7.43. The Balaban J connectivity index is 5.24. The summed E-state index contributed by atoms with van der Waals surface area (Å²) >= 11 is 1.48. The van der Waals surface area contributed by atoms with Crippen LogP contribution in [0.4, 0.5) is 0 Å². The van der Waals surface area contributed by atoms with E-state index in [1.165, 1.54) is 18.7 Å².